The van der Waals surface area contributed by atoms with E-state index in [0.717, 1.165) is 43.8 Å². The predicted octanol–water partition coefficient (Wildman–Crippen LogP) is 5.22. The summed E-state index contributed by atoms with van der Waals surface area (Å²) in [5.74, 6) is -3.47. The molecule has 2 aliphatic carbocycles. The Labute approximate surface area is 244 Å². The minimum atomic E-state index is -4.68. The van der Waals surface area contributed by atoms with Crippen LogP contribution in [-0.4, -0.2) is 39.4 Å². The smallest absolute Gasteiger partial charge is 0.324 e. The molecule has 2 aliphatic heterocycles. The summed E-state index contributed by atoms with van der Waals surface area (Å²) in [5.41, 5.74) is -0.471. The highest BCUT2D eigenvalue weighted by atomic mass is 35.5. The second-order valence-electron chi connectivity index (χ2n) is 10.9. The number of hydrogen-bond acceptors (Lipinski definition) is 6. The number of thioether (sulfide) groups is 1. The van der Waals surface area contributed by atoms with Crippen molar-refractivity contribution in [3.63, 3.8) is 0 Å². The molecule has 1 aromatic heterocycles. The maximum Gasteiger partial charge on any atom is 0.418 e. The Morgan fingerprint density at radius 2 is 1.71 bits per heavy atom. The molecule has 0 radical (unpaired) electrons. The van der Waals surface area contributed by atoms with Gasteiger partial charge in [0.1, 0.15) is 6.54 Å². The minimum absolute atomic E-state index is 0.0180. The van der Waals surface area contributed by atoms with Crippen molar-refractivity contribution < 1.29 is 27.6 Å². The number of thiazole rings is 1. The number of carbonyl (C=O) groups excluding carboxylic acids is 3. The van der Waals surface area contributed by atoms with E-state index in [1.54, 1.807) is 23.9 Å². The third kappa shape index (κ3) is 4.17. The lowest BCUT2D eigenvalue weighted by Gasteiger charge is -2.43. The third-order valence-electron chi connectivity index (χ3n) is 8.85. The molecule has 7 nitrogen and oxygen atoms in total. The lowest BCUT2D eigenvalue weighted by molar-refractivity contribution is -0.143. The average molecular weight is 620 g/mol. The van der Waals surface area contributed by atoms with Gasteiger partial charge in [0, 0.05) is 21.1 Å². The van der Waals surface area contributed by atoms with Crippen LogP contribution in [0.3, 0.4) is 0 Å². The molecular weight excluding hydrogens is 599 g/mol. The third-order valence-corrected chi connectivity index (χ3v) is 11.7. The van der Waals surface area contributed by atoms with Gasteiger partial charge in [0.15, 0.2) is 0 Å². The summed E-state index contributed by atoms with van der Waals surface area (Å²) in [5, 5.41) is 3.57. The summed E-state index contributed by atoms with van der Waals surface area (Å²) in [4.78, 5) is 57.0. The second kappa shape index (κ2) is 9.47. The molecule has 3 heterocycles. The monoisotopic (exact) mass is 619 g/mol. The van der Waals surface area contributed by atoms with Gasteiger partial charge in [0.2, 0.25) is 17.7 Å². The van der Waals surface area contributed by atoms with E-state index in [9.17, 15) is 32.3 Å². The van der Waals surface area contributed by atoms with Crippen LogP contribution in [0.5, 0.6) is 0 Å². The van der Waals surface area contributed by atoms with Crippen LogP contribution < -0.4 is 10.2 Å². The SMILES string of the molecule is O=C(CN1C(=O)C2C3CC(C2C1=O)C1C3Sc2[nH]c(=O)sc2[C@@H]1c1ccc(Cl)cc1)Nc1ccccc1C(F)(F)F. The van der Waals surface area contributed by atoms with Crippen molar-refractivity contribution in [2.45, 2.75) is 28.8 Å². The fourth-order valence-electron chi connectivity index (χ4n) is 7.45. The molecule has 3 amide bonds. The lowest BCUT2D eigenvalue weighted by atomic mass is 9.68. The number of alkyl halides is 3. The molecule has 2 N–H and O–H groups in total. The summed E-state index contributed by atoms with van der Waals surface area (Å²) < 4.78 is 40.2. The van der Waals surface area contributed by atoms with E-state index in [1.807, 2.05) is 12.1 Å². The predicted molar refractivity (Wildman–Crippen MR) is 147 cm³/mol. The van der Waals surface area contributed by atoms with E-state index in [1.165, 1.54) is 12.1 Å². The highest BCUT2D eigenvalue weighted by Crippen LogP contribution is 2.68. The van der Waals surface area contributed by atoms with Crippen molar-refractivity contribution in [3.8, 4) is 0 Å². The summed E-state index contributed by atoms with van der Waals surface area (Å²) >= 11 is 8.84. The minimum Gasteiger partial charge on any atom is -0.324 e. The average Bonchev–Trinajstić information content (AvgIpc) is 3.65. The second-order valence-corrected chi connectivity index (χ2v) is 13.5. The van der Waals surface area contributed by atoms with Crippen LogP contribution in [0.2, 0.25) is 5.02 Å². The van der Waals surface area contributed by atoms with Gasteiger partial charge in [-0.2, -0.15) is 13.2 Å². The van der Waals surface area contributed by atoms with Gasteiger partial charge in [-0.1, -0.05) is 47.2 Å². The molecule has 6 unspecified atom stereocenters. The topological polar surface area (TPSA) is 99.3 Å². The molecule has 3 fully saturated rings. The summed E-state index contributed by atoms with van der Waals surface area (Å²) in [6, 6.07) is 12.0. The van der Waals surface area contributed by atoms with Gasteiger partial charge in [-0.3, -0.25) is 24.1 Å². The van der Waals surface area contributed by atoms with Crippen LogP contribution in [0.1, 0.15) is 28.3 Å². The fraction of sp³-hybridized carbons (Fsp3) is 0.357. The number of likely N-dealkylation sites (tertiary alicyclic amines) is 1. The number of nitrogens with one attached hydrogen (secondary N) is 2. The van der Waals surface area contributed by atoms with E-state index >= 15 is 0 Å². The molecule has 41 heavy (non-hydrogen) atoms. The molecule has 2 aromatic carbocycles. The van der Waals surface area contributed by atoms with Gasteiger partial charge in [-0.25, -0.2) is 0 Å². The van der Waals surface area contributed by atoms with Gasteiger partial charge in [-0.15, -0.1) is 11.8 Å². The Kier molecular flexibility index (Phi) is 6.18. The number of imide groups is 1. The van der Waals surface area contributed by atoms with Gasteiger partial charge in [0.25, 0.3) is 0 Å². The number of fused-ring (bicyclic) bond motifs is 9. The molecule has 4 aliphatic rings. The maximum absolute atomic E-state index is 13.7. The molecule has 2 saturated carbocycles. The molecular formula is C28H21ClF3N3O4S2. The normalized spacial score (nSPS) is 29.9. The Morgan fingerprint density at radius 3 is 2.41 bits per heavy atom. The van der Waals surface area contributed by atoms with Crippen molar-refractivity contribution in [1.82, 2.24) is 9.88 Å². The zero-order valence-corrected chi connectivity index (χ0v) is 23.4. The zero-order chi connectivity index (χ0) is 28.8. The molecule has 13 heteroatoms. The Balaban J connectivity index is 1.17. The van der Waals surface area contributed by atoms with Crippen LogP contribution in [0.15, 0.2) is 58.4 Å². The summed E-state index contributed by atoms with van der Waals surface area (Å²) in [6.45, 7) is -0.653. The number of aromatic amines is 1. The number of benzene rings is 2. The first-order valence-corrected chi connectivity index (χ1v) is 15.1. The fourth-order valence-corrected chi connectivity index (χ4v) is 10.5. The van der Waals surface area contributed by atoms with Gasteiger partial charge in [-0.05, 0) is 54.0 Å². The van der Waals surface area contributed by atoms with Crippen molar-refractivity contribution in [2.24, 2.45) is 29.6 Å². The first kappa shape index (κ1) is 26.8. The number of aromatic nitrogens is 1. The Bertz CT molecular complexity index is 1660. The van der Waals surface area contributed by atoms with Crippen LogP contribution in [0.4, 0.5) is 18.9 Å². The number of amides is 3. The van der Waals surface area contributed by atoms with E-state index in [4.69, 9.17) is 11.6 Å². The van der Waals surface area contributed by atoms with Crippen molar-refractivity contribution in [3.05, 3.63) is 79.2 Å². The number of anilines is 1. The molecule has 2 bridgehead atoms. The number of H-pyrrole nitrogens is 1. The van der Waals surface area contributed by atoms with Crippen molar-refractivity contribution in [2.75, 3.05) is 11.9 Å². The lowest BCUT2D eigenvalue weighted by Crippen LogP contribution is -2.42. The molecule has 7 rings (SSSR count). The van der Waals surface area contributed by atoms with Gasteiger partial charge >= 0.3 is 11.0 Å². The van der Waals surface area contributed by atoms with Crippen LogP contribution in [0.25, 0.3) is 0 Å². The number of carbonyl (C=O) groups is 3. The molecule has 212 valence electrons. The number of hydrogen-bond donors (Lipinski definition) is 2. The maximum atomic E-state index is 13.7. The number of rotatable bonds is 4. The van der Waals surface area contributed by atoms with E-state index in [2.05, 4.69) is 10.3 Å². The summed E-state index contributed by atoms with van der Waals surface area (Å²) in [7, 11) is 0. The van der Waals surface area contributed by atoms with E-state index in [0.29, 0.717) is 11.4 Å². The van der Waals surface area contributed by atoms with Crippen LogP contribution in [0, 0.1) is 29.6 Å². The molecule has 1 saturated heterocycles. The number of nitrogens with zero attached hydrogens (tertiary/aromatic N) is 1. The van der Waals surface area contributed by atoms with Gasteiger partial charge < -0.3 is 10.3 Å². The summed E-state index contributed by atoms with van der Waals surface area (Å²) in [6.07, 6.45) is -4.00. The number of halogens is 4. The first-order chi connectivity index (χ1) is 19.5. The molecule has 3 aromatic rings. The Hall–Kier alpha value is -3.09. The van der Waals surface area contributed by atoms with Gasteiger partial charge in [0.05, 0.1) is 28.1 Å². The van der Waals surface area contributed by atoms with E-state index in [-0.39, 0.29) is 33.8 Å². The zero-order valence-electron chi connectivity index (χ0n) is 21.0. The number of para-hydroxylation sites is 1. The van der Waals surface area contributed by atoms with Crippen molar-refractivity contribution in [1.29, 1.82) is 0 Å². The molecule has 7 atom stereocenters. The van der Waals surface area contributed by atoms with Crippen LogP contribution >= 0.6 is 34.7 Å². The highest BCUT2D eigenvalue weighted by Gasteiger charge is 2.69. The van der Waals surface area contributed by atoms with Crippen molar-refractivity contribution >= 4 is 58.1 Å². The largest absolute Gasteiger partial charge is 0.418 e. The quantitative estimate of drug-likeness (QED) is 0.390. The van der Waals surface area contributed by atoms with Crippen LogP contribution in [-0.2, 0) is 20.6 Å². The highest BCUT2D eigenvalue weighted by molar-refractivity contribution is 8.00. The molecule has 0 spiro atoms. The standard InChI is InChI=1S/C28H21ClF3N3O4S2/c29-12-7-5-11(6-8-12)18-19-13-9-14(22(19)40-24-23(18)41-27(39)34-24)21-20(13)25(37)35(26(21)38)10-17(36)33-16-4-2-1-3-15(16)28(30,31)32/h1-8,13-14,18-22H,9-10H2,(H,33,36)(H,34,39)/t13?,14?,18-,19?,20?,21?,22?/m1/s1. The Morgan fingerprint density at radius 1 is 1.02 bits per heavy atom. The first-order valence-electron chi connectivity index (χ1n) is 13.0. The van der Waals surface area contributed by atoms with E-state index < -0.39 is 53.5 Å².